The van der Waals surface area contributed by atoms with Gasteiger partial charge in [-0.15, -0.1) is 0 Å². The molecule has 0 aromatic carbocycles. The zero-order valence-corrected chi connectivity index (χ0v) is 32.0. The molecule has 0 aliphatic carbocycles. The van der Waals surface area contributed by atoms with Crippen LogP contribution in [0.2, 0.25) is 0 Å². The molecule has 274 valence electrons. The number of allylic oxidation sites excluding steroid dienone is 1. The zero-order chi connectivity index (χ0) is 33.6. The van der Waals surface area contributed by atoms with E-state index in [0.29, 0.717) is 6.42 Å². The molecule has 0 saturated carbocycles. The summed E-state index contributed by atoms with van der Waals surface area (Å²) in [4.78, 5) is 12.7. The van der Waals surface area contributed by atoms with Crippen LogP contribution >= 0.6 is 0 Å². The summed E-state index contributed by atoms with van der Waals surface area (Å²) < 4.78 is 12.0. The highest BCUT2D eigenvalue weighted by Crippen LogP contribution is 2.19. The minimum atomic E-state index is 0.0512. The maximum absolute atomic E-state index is 12.7. The van der Waals surface area contributed by atoms with Crippen molar-refractivity contribution in [1.29, 1.82) is 0 Å². The summed E-state index contributed by atoms with van der Waals surface area (Å²) in [7, 11) is 0. The predicted molar refractivity (Wildman–Crippen MR) is 204 cm³/mol. The predicted octanol–water partition coefficient (Wildman–Crippen LogP) is 15.1. The largest absolute Gasteiger partial charge is 0.499 e. The number of ether oxygens (including phenoxy) is 2. The first-order valence-corrected chi connectivity index (χ1v) is 21.1. The molecule has 1 unspecified atom stereocenters. The Kier molecular flexibility index (Phi) is 37.6. The molecule has 0 aromatic heterocycles. The minimum absolute atomic E-state index is 0.0512. The fraction of sp³-hybridized carbons (Fsp3) is 0.930. The van der Waals surface area contributed by atoms with Gasteiger partial charge in [0.1, 0.15) is 6.10 Å². The Morgan fingerprint density at radius 1 is 0.435 bits per heavy atom. The number of hydrogen-bond acceptors (Lipinski definition) is 3. The summed E-state index contributed by atoms with van der Waals surface area (Å²) in [5.41, 5.74) is 0. The molecular weight excluding hydrogens is 564 g/mol. The van der Waals surface area contributed by atoms with Gasteiger partial charge >= 0.3 is 5.97 Å². The van der Waals surface area contributed by atoms with Crippen molar-refractivity contribution in [1.82, 2.24) is 0 Å². The van der Waals surface area contributed by atoms with Crippen LogP contribution in [0.3, 0.4) is 0 Å². The Hall–Kier alpha value is -0.990. The van der Waals surface area contributed by atoms with Crippen LogP contribution in [-0.2, 0) is 14.3 Å². The van der Waals surface area contributed by atoms with Crippen LogP contribution in [-0.4, -0.2) is 18.7 Å². The lowest BCUT2D eigenvalue weighted by Gasteiger charge is -2.18. The molecule has 0 spiro atoms. The zero-order valence-electron chi connectivity index (χ0n) is 32.0. The summed E-state index contributed by atoms with van der Waals surface area (Å²) in [6.45, 7) is 11.8. The highest BCUT2D eigenvalue weighted by molar-refractivity contribution is 5.69. The van der Waals surface area contributed by atoms with Gasteiger partial charge in [0.05, 0.1) is 12.4 Å². The highest BCUT2D eigenvalue weighted by atomic mass is 16.5. The number of hydrogen-bond donors (Lipinski definition) is 0. The lowest BCUT2D eigenvalue weighted by molar-refractivity contribution is -0.150. The third-order valence-electron chi connectivity index (χ3n) is 9.70. The average Bonchev–Trinajstić information content (AvgIpc) is 3.05. The molecule has 0 fully saturated rings. The number of unbranched alkanes of at least 4 members (excludes halogenated alkanes) is 27. The lowest BCUT2D eigenvalue weighted by Crippen LogP contribution is -2.18. The maximum Gasteiger partial charge on any atom is 0.306 e. The monoisotopic (exact) mass is 649 g/mol. The molecule has 0 aliphatic heterocycles. The van der Waals surface area contributed by atoms with Crippen LogP contribution in [0.4, 0.5) is 0 Å². The third-order valence-corrected chi connectivity index (χ3v) is 9.70. The first-order chi connectivity index (χ1) is 22.6. The average molecular weight is 649 g/mol. The summed E-state index contributed by atoms with van der Waals surface area (Å²) in [5.74, 6) is 1.04. The van der Waals surface area contributed by atoms with Gasteiger partial charge in [-0.2, -0.15) is 0 Å². The van der Waals surface area contributed by atoms with Crippen molar-refractivity contribution in [2.24, 2.45) is 0 Å². The summed E-state index contributed by atoms with van der Waals surface area (Å²) in [5, 5.41) is 0. The summed E-state index contributed by atoms with van der Waals surface area (Å²) in [6.07, 6.45) is 44.2. The molecule has 0 amide bonds. The van der Waals surface area contributed by atoms with Crippen LogP contribution < -0.4 is 0 Å². The molecule has 0 aliphatic rings. The van der Waals surface area contributed by atoms with Gasteiger partial charge in [0.25, 0.3) is 0 Å². The molecule has 0 heterocycles. The van der Waals surface area contributed by atoms with E-state index in [-0.39, 0.29) is 12.1 Å². The Morgan fingerprint density at radius 3 is 1.17 bits per heavy atom. The fourth-order valence-corrected chi connectivity index (χ4v) is 6.52. The minimum Gasteiger partial charge on any atom is -0.499 e. The van der Waals surface area contributed by atoms with Gasteiger partial charge in [-0.05, 0) is 44.9 Å². The molecule has 0 rings (SSSR count). The van der Waals surface area contributed by atoms with E-state index in [0.717, 1.165) is 44.5 Å². The summed E-state index contributed by atoms with van der Waals surface area (Å²) in [6, 6.07) is 0. The van der Waals surface area contributed by atoms with Crippen LogP contribution in [0.5, 0.6) is 0 Å². The van der Waals surface area contributed by atoms with E-state index in [1.165, 1.54) is 186 Å². The van der Waals surface area contributed by atoms with Gasteiger partial charge in [0.15, 0.2) is 0 Å². The number of esters is 1. The van der Waals surface area contributed by atoms with Crippen LogP contribution in [0.25, 0.3) is 0 Å². The number of carbonyl (C=O) groups is 1. The van der Waals surface area contributed by atoms with Gasteiger partial charge in [-0.3, -0.25) is 4.79 Å². The van der Waals surface area contributed by atoms with E-state index in [4.69, 9.17) is 9.47 Å². The normalized spacial score (nSPS) is 12.0. The molecule has 46 heavy (non-hydrogen) atoms. The van der Waals surface area contributed by atoms with Crippen molar-refractivity contribution in [3.63, 3.8) is 0 Å². The van der Waals surface area contributed by atoms with Crippen molar-refractivity contribution in [3.8, 4) is 0 Å². The molecule has 1 atom stereocenters. The maximum atomic E-state index is 12.7. The number of carbonyl (C=O) groups excluding carboxylic acids is 1. The van der Waals surface area contributed by atoms with E-state index in [2.05, 4.69) is 27.4 Å². The molecule has 0 aromatic rings. The fourth-order valence-electron chi connectivity index (χ4n) is 6.52. The standard InChI is InChI=1S/C43H84O3/c1-5-8-11-14-17-19-22-26-31-36-41(4)45-40-35-30-25-24-28-33-38-42(37-32-27-21-16-13-10-7-3)46-43(44)39-34-29-23-20-18-15-12-9-6-2/h42H,4-40H2,1-3H3. The smallest absolute Gasteiger partial charge is 0.306 e. The molecular formula is C43H84O3. The van der Waals surface area contributed by atoms with Crippen molar-refractivity contribution in [2.45, 2.75) is 252 Å². The Balaban J connectivity index is 3.94. The Labute approximate surface area is 290 Å². The van der Waals surface area contributed by atoms with Crippen LogP contribution in [0, 0.1) is 0 Å². The Bertz CT molecular complexity index is 615. The second-order valence-electron chi connectivity index (χ2n) is 14.5. The topological polar surface area (TPSA) is 35.5 Å². The van der Waals surface area contributed by atoms with Gasteiger partial charge in [-0.25, -0.2) is 0 Å². The highest BCUT2D eigenvalue weighted by Gasteiger charge is 2.14. The van der Waals surface area contributed by atoms with E-state index < -0.39 is 0 Å². The van der Waals surface area contributed by atoms with Crippen molar-refractivity contribution in [3.05, 3.63) is 12.3 Å². The van der Waals surface area contributed by atoms with Crippen LogP contribution in [0.1, 0.15) is 245 Å². The number of rotatable bonds is 39. The molecule has 3 nitrogen and oxygen atoms in total. The molecule has 0 bridgehead atoms. The second-order valence-corrected chi connectivity index (χ2v) is 14.5. The van der Waals surface area contributed by atoms with E-state index in [9.17, 15) is 4.79 Å². The molecule has 3 heteroatoms. The second kappa shape index (κ2) is 38.5. The quantitative estimate of drug-likeness (QED) is 0.0378. The van der Waals surface area contributed by atoms with E-state index in [1.807, 2.05) is 0 Å². The van der Waals surface area contributed by atoms with Gasteiger partial charge in [0, 0.05) is 12.8 Å². The first kappa shape index (κ1) is 45.0. The Morgan fingerprint density at radius 2 is 0.761 bits per heavy atom. The van der Waals surface area contributed by atoms with Crippen molar-refractivity contribution < 1.29 is 14.3 Å². The third kappa shape index (κ3) is 35.9. The van der Waals surface area contributed by atoms with Crippen LogP contribution in [0.15, 0.2) is 12.3 Å². The molecule has 0 N–H and O–H groups in total. The van der Waals surface area contributed by atoms with E-state index in [1.54, 1.807) is 0 Å². The molecule has 0 saturated heterocycles. The van der Waals surface area contributed by atoms with Gasteiger partial charge < -0.3 is 9.47 Å². The SMILES string of the molecule is C=C(CCCCCCCCCCC)OCCCCCCCCC(CCCCCCCCC)OC(=O)CCCCCCCCCCC. The van der Waals surface area contributed by atoms with Crippen molar-refractivity contribution >= 4 is 5.97 Å². The van der Waals surface area contributed by atoms with Gasteiger partial charge in [0.2, 0.25) is 0 Å². The lowest BCUT2D eigenvalue weighted by atomic mass is 10.0. The van der Waals surface area contributed by atoms with E-state index >= 15 is 0 Å². The van der Waals surface area contributed by atoms with Gasteiger partial charge in [-0.1, -0.05) is 194 Å². The summed E-state index contributed by atoms with van der Waals surface area (Å²) >= 11 is 0. The molecule has 0 radical (unpaired) electrons. The first-order valence-electron chi connectivity index (χ1n) is 21.1. The van der Waals surface area contributed by atoms with Crippen molar-refractivity contribution in [2.75, 3.05) is 6.61 Å².